The highest BCUT2D eigenvalue weighted by atomic mass is 19.1. The summed E-state index contributed by atoms with van der Waals surface area (Å²) in [6.07, 6.45) is 2.64. The van der Waals surface area contributed by atoms with E-state index in [1.807, 2.05) is 0 Å². The lowest BCUT2D eigenvalue weighted by Crippen LogP contribution is -2.52. The lowest BCUT2D eigenvalue weighted by Gasteiger charge is -2.29. The van der Waals surface area contributed by atoms with Crippen LogP contribution < -0.4 is 10.6 Å². The standard InChI is InChI=1S/C31H41F2N3O5/c1-4-5-9-41-25-17-26(34-18-25)29(37)27(14-20-12-23(32)16-24(33)13-20)35-30(38)21-10-19(2)11-22(15-21)31(39)36-8-6-7-28(36)40-3/h10-13,15-16,25-29,34,37H,4-9,14,17-18H2,1-3H3,(H,35,38)/t25-,26-,27+,28+,29-/m1/s1. The maximum Gasteiger partial charge on any atom is 0.255 e. The first kappa shape index (κ1) is 31.0. The Morgan fingerprint density at radius 2 is 1.88 bits per heavy atom. The molecule has 4 rings (SSSR count). The van der Waals surface area contributed by atoms with Crippen molar-refractivity contribution in [3.05, 3.63) is 70.3 Å². The third-order valence-electron chi connectivity index (χ3n) is 7.81. The van der Waals surface area contributed by atoms with Crippen molar-refractivity contribution in [1.82, 2.24) is 15.5 Å². The number of hydrogen-bond acceptors (Lipinski definition) is 6. The molecule has 0 unspecified atom stereocenters. The number of carbonyl (C=O) groups is 2. The molecule has 2 amide bonds. The molecule has 224 valence electrons. The number of carbonyl (C=O) groups excluding carboxylic acids is 2. The monoisotopic (exact) mass is 573 g/mol. The van der Waals surface area contributed by atoms with Crippen LogP contribution in [0.3, 0.4) is 0 Å². The van der Waals surface area contributed by atoms with Crippen molar-refractivity contribution in [2.24, 2.45) is 0 Å². The van der Waals surface area contributed by atoms with Gasteiger partial charge in [-0.1, -0.05) is 13.3 Å². The zero-order chi connectivity index (χ0) is 29.5. The molecule has 2 aliphatic rings. The number of likely N-dealkylation sites (tertiary alicyclic amines) is 1. The van der Waals surface area contributed by atoms with Crippen LogP contribution in [-0.2, 0) is 15.9 Å². The van der Waals surface area contributed by atoms with Crippen molar-refractivity contribution in [2.45, 2.75) is 82.9 Å². The van der Waals surface area contributed by atoms with Crippen molar-refractivity contribution >= 4 is 11.8 Å². The van der Waals surface area contributed by atoms with Gasteiger partial charge in [-0.2, -0.15) is 0 Å². The molecule has 2 aromatic rings. The van der Waals surface area contributed by atoms with Crippen molar-refractivity contribution in [3.63, 3.8) is 0 Å². The average molecular weight is 574 g/mol. The third kappa shape index (κ3) is 8.09. The zero-order valence-corrected chi connectivity index (χ0v) is 24.0. The number of halogens is 2. The van der Waals surface area contributed by atoms with Gasteiger partial charge in [-0.15, -0.1) is 0 Å². The SMILES string of the molecule is CCCCO[C@H]1CN[C@@H]([C@@H](O)[C@H](Cc2cc(F)cc(F)c2)NC(=O)c2cc(C)cc(C(=O)N3CCC[C@@H]3OC)c2)C1. The molecular formula is C31H41F2N3O5. The van der Waals surface area contributed by atoms with Gasteiger partial charge >= 0.3 is 0 Å². The number of benzene rings is 2. The van der Waals surface area contributed by atoms with Crippen LogP contribution in [0.1, 0.15) is 70.9 Å². The predicted molar refractivity (Wildman–Crippen MR) is 151 cm³/mol. The van der Waals surface area contributed by atoms with Crippen molar-refractivity contribution in [1.29, 1.82) is 0 Å². The van der Waals surface area contributed by atoms with Gasteiger partial charge in [0.1, 0.15) is 17.9 Å². The highest BCUT2D eigenvalue weighted by Crippen LogP contribution is 2.23. The van der Waals surface area contributed by atoms with Crippen LogP contribution in [-0.4, -0.2) is 79.1 Å². The van der Waals surface area contributed by atoms with E-state index in [1.54, 1.807) is 31.1 Å². The smallest absolute Gasteiger partial charge is 0.255 e. The summed E-state index contributed by atoms with van der Waals surface area (Å²) in [4.78, 5) is 28.5. The normalized spacial score (nSPS) is 22.1. The first-order valence-corrected chi connectivity index (χ1v) is 14.4. The number of aryl methyl sites for hydroxylation is 1. The van der Waals surface area contributed by atoms with Gasteiger partial charge in [0.05, 0.1) is 18.2 Å². The van der Waals surface area contributed by atoms with Crippen molar-refractivity contribution in [2.75, 3.05) is 26.8 Å². The summed E-state index contributed by atoms with van der Waals surface area (Å²) >= 11 is 0. The van der Waals surface area contributed by atoms with E-state index in [9.17, 15) is 23.5 Å². The Morgan fingerprint density at radius 1 is 1.15 bits per heavy atom. The maximum atomic E-state index is 14.0. The topological polar surface area (TPSA) is 100 Å². The average Bonchev–Trinajstić information content (AvgIpc) is 3.61. The van der Waals surface area contributed by atoms with Gasteiger partial charge in [-0.3, -0.25) is 9.59 Å². The molecular weight excluding hydrogens is 532 g/mol. The number of methoxy groups -OCH3 is 1. The lowest BCUT2D eigenvalue weighted by atomic mass is 9.94. The minimum atomic E-state index is -1.07. The second-order valence-electron chi connectivity index (χ2n) is 11.1. The Hall–Kier alpha value is -2.92. The highest BCUT2D eigenvalue weighted by Gasteiger charge is 2.36. The van der Waals surface area contributed by atoms with Crippen LogP contribution in [0.5, 0.6) is 0 Å². The Kier molecular flexibility index (Phi) is 10.8. The zero-order valence-electron chi connectivity index (χ0n) is 24.0. The van der Waals surface area contributed by atoms with E-state index in [2.05, 4.69) is 17.6 Å². The van der Waals surface area contributed by atoms with Gasteiger partial charge in [0, 0.05) is 50.0 Å². The quantitative estimate of drug-likeness (QED) is 0.335. The summed E-state index contributed by atoms with van der Waals surface area (Å²) in [5, 5.41) is 17.6. The summed E-state index contributed by atoms with van der Waals surface area (Å²) < 4.78 is 39.3. The van der Waals surface area contributed by atoms with E-state index in [0.29, 0.717) is 37.2 Å². The second kappa shape index (κ2) is 14.3. The molecule has 5 atom stereocenters. The van der Waals surface area contributed by atoms with E-state index < -0.39 is 29.7 Å². The number of nitrogens with zero attached hydrogens (tertiary/aromatic N) is 1. The summed E-state index contributed by atoms with van der Waals surface area (Å²) in [7, 11) is 1.57. The molecule has 2 aromatic carbocycles. The molecule has 41 heavy (non-hydrogen) atoms. The van der Waals surface area contributed by atoms with Gasteiger partial charge < -0.3 is 30.1 Å². The molecule has 2 fully saturated rings. The molecule has 2 saturated heterocycles. The number of nitrogens with one attached hydrogen (secondary N) is 2. The van der Waals surface area contributed by atoms with Crippen LogP contribution in [0.25, 0.3) is 0 Å². The Labute approximate surface area is 240 Å². The minimum absolute atomic E-state index is 0.00201. The second-order valence-corrected chi connectivity index (χ2v) is 11.1. The van der Waals surface area contributed by atoms with Gasteiger partial charge in [-0.25, -0.2) is 8.78 Å². The fourth-order valence-corrected chi connectivity index (χ4v) is 5.70. The number of aliphatic hydroxyl groups excluding tert-OH is 1. The van der Waals surface area contributed by atoms with Gasteiger partial charge in [0.25, 0.3) is 11.8 Å². The predicted octanol–water partition coefficient (Wildman–Crippen LogP) is 3.73. The van der Waals surface area contributed by atoms with Gasteiger partial charge in [0.2, 0.25) is 0 Å². The van der Waals surface area contributed by atoms with E-state index in [-0.39, 0.29) is 36.3 Å². The summed E-state index contributed by atoms with van der Waals surface area (Å²) in [6, 6.07) is 6.84. The number of ether oxygens (including phenoxy) is 2. The largest absolute Gasteiger partial charge is 0.389 e. The molecule has 2 aliphatic heterocycles. The molecule has 10 heteroatoms. The summed E-state index contributed by atoms with van der Waals surface area (Å²) in [5.74, 6) is -2.19. The van der Waals surface area contributed by atoms with Crippen LogP contribution >= 0.6 is 0 Å². The van der Waals surface area contributed by atoms with Crippen molar-refractivity contribution in [3.8, 4) is 0 Å². The molecule has 3 N–H and O–H groups in total. The van der Waals surface area contributed by atoms with Crippen LogP contribution in [0.2, 0.25) is 0 Å². The van der Waals surface area contributed by atoms with Crippen LogP contribution in [0.4, 0.5) is 8.78 Å². The van der Waals surface area contributed by atoms with Gasteiger partial charge in [0.15, 0.2) is 0 Å². The first-order chi connectivity index (χ1) is 19.7. The first-order valence-electron chi connectivity index (χ1n) is 14.4. The number of rotatable bonds is 12. The fraction of sp³-hybridized carbons (Fsp3) is 0.548. The Morgan fingerprint density at radius 3 is 2.59 bits per heavy atom. The van der Waals surface area contributed by atoms with Gasteiger partial charge in [-0.05, 0) is 80.5 Å². The molecule has 0 aliphatic carbocycles. The van der Waals surface area contributed by atoms with E-state index in [1.165, 1.54) is 18.2 Å². The summed E-state index contributed by atoms with van der Waals surface area (Å²) in [6.45, 7) is 5.65. The highest BCUT2D eigenvalue weighted by molar-refractivity contribution is 6.00. The minimum Gasteiger partial charge on any atom is -0.389 e. The molecule has 0 bridgehead atoms. The molecule has 0 radical (unpaired) electrons. The Bertz CT molecular complexity index is 1190. The summed E-state index contributed by atoms with van der Waals surface area (Å²) in [5.41, 5.74) is 1.65. The van der Waals surface area contributed by atoms with E-state index in [4.69, 9.17) is 9.47 Å². The van der Waals surface area contributed by atoms with E-state index in [0.717, 1.165) is 37.3 Å². The molecule has 0 spiro atoms. The number of aliphatic hydroxyl groups is 1. The lowest BCUT2D eigenvalue weighted by molar-refractivity contribution is 0.00165. The number of unbranched alkanes of at least 4 members (excludes halogenated alkanes) is 1. The number of hydrogen-bond donors (Lipinski definition) is 3. The number of amides is 2. The Balaban J connectivity index is 1.53. The maximum absolute atomic E-state index is 14.0. The molecule has 2 heterocycles. The van der Waals surface area contributed by atoms with Crippen LogP contribution in [0.15, 0.2) is 36.4 Å². The molecule has 0 saturated carbocycles. The fourth-order valence-electron chi connectivity index (χ4n) is 5.70. The van der Waals surface area contributed by atoms with Crippen LogP contribution in [0, 0.1) is 18.6 Å². The molecule has 0 aromatic heterocycles. The van der Waals surface area contributed by atoms with E-state index >= 15 is 0 Å². The molecule has 8 nitrogen and oxygen atoms in total. The third-order valence-corrected chi connectivity index (χ3v) is 7.81. The van der Waals surface area contributed by atoms with Crippen molar-refractivity contribution < 1.29 is 33.0 Å².